The molecule has 1 aromatic carbocycles. The average Bonchev–Trinajstić information content (AvgIpc) is 2.61. The Bertz CT molecular complexity index is 946. The standard InChI is InChI=1S/C18H20N6O2/c19-16-22-17(20)24(18(23-16)7-2-1-3-8-18)14-5-4-12(15(25)26)11-6-9-21-10-13(11)14/h4-6,9-10H,1-3,7-8H2,(H,25,26)(H4,19,20,22,23). The summed E-state index contributed by atoms with van der Waals surface area (Å²) in [5, 5.41) is 10.8. The molecule has 2 aliphatic rings. The molecule has 2 heterocycles. The maximum atomic E-state index is 11.6. The van der Waals surface area contributed by atoms with Crippen LogP contribution in [0.15, 0.2) is 40.6 Å². The Labute approximate surface area is 150 Å². The van der Waals surface area contributed by atoms with Gasteiger partial charge in [-0.2, -0.15) is 4.99 Å². The molecule has 0 radical (unpaired) electrons. The summed E-state index contributed by atoms with van der Waals surface area (Å²) in [7, 11) is 0. The van der Waals surface area contributed by atoms with Gasteiger partial charge in [-0.25, -0.2) is 9.79 Å². The molecular formula is C18H20N6O2. The summed E-state index contributed by atoms with van der Waals surface area (Å²) in [4.78, 5) is 26.5. The molecule has 1 aliphatic carbocycles. The van der Waals surface area contributed by atoms with Gasteiger partial charge in [-0.3, -0.25) is 9.88 Å². The number of carbonyl (C=O) groups is 1. The average molecular weight is 352 g/mol. The van der Waals surface area contributed by atoms with Crippen molar-refractivity contribution in [1.29, 1.82) is 0 Å². The zero-order chi connectivity index (χ0) is 18.3. The molecule has 1 aromatic heterocycles. The first-order valence-electron chi connectivity index (χ1n) is 8.62. The minimum absolute atomic E-state index is 0.185. The number of guanidine groups is 2. The van der Waals surface area contributed by atoms with Crippen LogP contribution in [-0.2, 0) is 0 Å². The van der Waals surface area contributed by atoms with Gasteiger partial charge in [0.15, 0.2) is 0 Å². The lowest BCUT2D eigenvalue weighted by Gasteiger charge is -2.46. The molecule has 5 N–H and O–H groups in total. The molecule has 26 heavy (non-hydrogen) atoms. The highest BCUT2D eigenvalue weighted by molar-refractivity contribution is 6.13. The van der Waals surface area contributed by atoms with Crippen molar-refractivity contribution in [2.24, 2.45) is 21.5 Å². The Hall–Kier alpha value is -3.16. The van der Waals surface area contributed by atoms with Crippen molar-refractivity contribution in [1.82, 2.24) is 4.98 Å². The van der Waals surface area contributed by atoms with Gasteiger partial charge in [0.05, 0.1) is 11.3 Å². The molecule has 0 bridgehead atoms. The number of pyridine rings is 1. The number of aliphatic imine (C=N–C) groups is 2. The van der Waals surface area contributed by atoms with E-state index in [9.17, 15) is 9.90 Å². The molecule has 1 saturated carbocycles. The van der Waals surface area contributed by atoms with Crippen LogP contribution in [0.5, 0.6) is 0 Å². The van der Waals surface area contributed by atoms with Crippen LogP contribution >= 0.6 is 0 Å². The highest BCUT2D eigenvalue weighted by Crippen LogP contribution is 2.42. The summed E-state index contributed by atoms with van der Waals surface area (Å²) in [5.74, 6) is -0.527. The van der Waals surface area contributed by atoms with Gasteiger partial charge in [-0.15, -0.1) is 0 Å². The fraction of sp³-hybridized carbons (Fsp3) is 0.333. The SMILES string of the molecule is NC1=NC2(CCCCC2)N(c2ccc(C(=O)O)c3ccncc23)C(N)=N1. The van der Waals surface area contributed by atoms with E-state index in [1.54, 1.807) is 30.6 Å². The zero-order valence-corrected chi connectivity index (χ0v) is 14.2. The summed E-state index contributed by atoms with van der Waals surface area (Å²) in [5.41, 5.74) is 12.6. The van der Waals surface area contributed by atoms with Crippen LogP contribution in [-0.4, -0.2) is 33.6 Å². The number of nitrogens with two attached hydrogens (primary N) is 2. The summed E-state index contributed by atoms with van der Waals surface area (Å²) in [6.45, 7) is 0. The van der Waals surface area contributed by atoms with E-state index in [-0.39, 0.29) is 17.5 Å². The number of hydrogen-bond donors (Lipinski definition) is 3. The molecule has 0 amide bonds. The number of aromatic nitrogens is 1. The van der Waals surface area contributed by atoms with E-state index in [2.05, 4.69) is 15.0 Å². The second-order valence-corrected chi connectivity index (χ2v) is 6.68. The number of nitrogens with zero attached hydrogens (tertiary/aromatic N) is 4. The molecule has 2 aromatic rings. The van der Waals surface area contributed by atoms with Gasteiger partial charge in [0, 0.05) is 23.2 Å². The largest absolute Gasteiger partial charge is 0.478 e. The number of hydrogen-bond acceptors (Lipinski definition) is 7. The van der Waals surface area contributed by atoms with Crippen molar-refractivity contribution in [3.05, 3.63) is 36.2 Å². The molecule has 134 valence electrons. The molecule has 8 nitrogen and oxygen atoms in total. The quantitative estimate of drug-likeness (QED) is 0.758. The van der Waals surface area contributed by atoms with Crippen LogP contribution in [0, 0.1) is 0 Å². The molecule has 0 unspecified atom stereocenters. The predicted octanol–water partition coefficient (Wildman–Crippen LogP) is 2.04. The number of carboxylic acid groups (broad SMARTS) is 1. The number of rotatable bonds is 2. The first-order chi connectivity index (χ1) is 12.5. The molecular weight excluding hydrogens is 332 g/mol. The molecule has 4 rings (SSSR count). The number of benzene rings is 1. The van der Waals surface area contributed by atoms with E-state index in [1.165, 1.54) is 0 Å². The summed E-state index contributed by atoms with van der Waals surface area (Å²) >= 11 is 0. The van der Waals surface area contributed by atoms with Gasteiger partial charge in [0.2, 0.25) is 11.9 Å². The lowest BCUT2D eigenvalue weighted by Crippen LogP contribution is -2.58. The third-order valence-electron chi connectivity index (χ3n) is 5.12. The summed E-state index contributed by atoms with van der Waals surface area (Å²) in [6.07, 6.45) is 8.04. The van der Waals surface area contributed by atoms with E-state index in [4.69, 9.17) is 11.5 Å². The van der Waals surface area contributed by atoms with Crippen molar-refractivity contribution < 1.29 is 9.90 Å². The van der Waals surface area contributed by atoms with E-state index in [1.807, 2.05) is 4.90 Å². The molecule has 0 atom stereocenters. The van der Waals surface area contributed by atoms with Gasteiger partial charge in [0.25, 0.3) is 0 Å². The van der Waals surface area contributed by atoms with E-state index in [0.29, 0.717) is 10.8 Å². The molecule has 1 aliphatic heterocycles. The molecule has 0 saturated heterocycles. The second-order valence-electron chi connectivity index (χ2n) is 6.68. The fourth-order valence-electron chi connectivity index (χ4n) is 4.03. The Morgan fingerprint density at radius 3 is 2.62 bits per heavy atom. The van der Waals surface area contributed by atoms with E-state index < -0.39 is 11.6 Å². The van der Waals surface area contributed by atoms with Crippen molar-refractivity contribution in [2.75, 3.05) is 4.90 Å². The van der Waals surface area contributed by atoms with Crippen LogP contribution in [0.1, 0.15) is 42.5 Å². The highest BCUT2D eigenvalue weighted by atomic mass is 16.4. The van der Waals surface area contributed by atoms with Crippen molar-refractivity contribution in [3.8, 4) is 0 Å². The second kappa shape index (κ2) is 5.98. The summed E-state index contributed by atoms with van der Waals surface area (Å²) < 4.78 is 0. The maximum Gasteiger partial charge on any atom is 0.336 e. The molecule has 1 fully saturated rings. The first kappa shape index (κ1) is 16.3. The van der Waals surface area contributed by atoms with Gasteiger partial charge in [0.1, 0.15) is 5.66 Å². The van der Waals surface area contributed by atoms with E-state index in [0.717, 1.165) is 37.8 Å². The number of fused-ring (bicyclic) bond motifs is 1. The number of carboxylic acids is 1. The lowest BCUT2D eigenvalue weighted by atomic mass is 9.87. The van der Waals surface area contributed by atoms with Gasteiger partial charge in [-0.05, 0) is 43.9 Å². The Morgan fingerprint density at radius 1 is 1.12 bits per heavy atom. The van der Waals surface area contributed by atoms with Crippen molar-refractivity contribution >= 4 is 34.3 Å². The normalized spacial score (nSPS) is 19.3. The van der Waals surface area contributed by atoms with Crippen molar-refractivity contribution in [2.45, 2.75) is 37.8 Å². The topological polar surface area (TPSA) is 130 Å². The number of aromatic carboxylic acids is 1. The fourth-order valence-corrected chi connectivity index (χ4v) is 4.03. The molecule has 8 heteroatoms. The Morgan fingerprint density at radius 2 is 1.88 bits per heavy atom. The van der Waals surface area contributed by atoms with Crippen molar-refractivity contribution in [3.63, 3.8) is 0 Å². The smallest absolute Gasteiger partial charge is 0.336 e. The maximum absolute atomic E-state index is 11.6. The van der Waals surface area contributed by atoms with Gasteiger partial charge < -0.3 is 16.6 Å². The Kier molecular flexibility index (Phi) is 3.75. The third kappa shape index (κ3) is 2.45. The van der Waals surface area contributed by atoms with Crippen LogP contribution < -0.4 is 16.4 Å². The minimum atomic E-state index is -0.984. The summed E-state index contributed by atoms with van der Waals surface area (Å²) in [6, 6.07) is 5.04. The third-order valence-corrected chi connectivity index (χ3v) is 5.12. The minimum Gasteiger partial charge on any atom is -0.478 e. The zero-order valence-electron chi connectivity index (χ0n) is 14.2. The van der Waals surface area contributed by atoms with Gasteiger partial charge in [-0.1, -0.05) is 6.42 Å². The number of anilines is 1. The van der Waals surface area contributed by atoms with Crippen LogP contribution in [0.2, 0.25) is 0 Å². The monoisotopic (exact) mass is 352 g/mol. The van der Waals surface area contributed by atoms with Crippen LogP contribution in [0.25, 0.3) is 10.8 Å². The predicted molar refractivity (Wildman–Crippen MR) is 100 cm³/mol. The van der Waals surface area contributed by atoms with Gasteiger partial charge >= 0.3 is 5.97 Å². The first-order valence-corrected chi connectivity index (χ1v) is 8.62. The molecule has 1 spiro atoms. The highest BCUT2D eigenvalue weighted by Gasteiger charge is 2.43. The lowest BCUT2D eigenvalue weighted by molar-refractivity contribution is 0.0699. The van der Waals surface area contributed by atoms with Crippen LogP contribution in [0.3, 0.4) is 0 Å². The van der Waals surface area contributed by atoms with Crippen LogP contribution in [0.4, 0.5) is 5.69 Å². The Balaban J connectivity index is 1.95. The van der Waals surface area contributed by atoms with E-state index >= 15 is 0 Å².